The number of anilines is 1. The highest BCUT2D eigenvalue weighted by Gasteiger charge is 2.21. The molecule has 1 aliphatic carbocycles. The molecule has 1 saturated carbocycles. The van der Waals surface area contributed by atoms with Crippen molar-refractivity contribution in [3.05, 3.63) is 36.5 Å². The van der Waals surface area contributed by atoms with Gasteiger partial charge in [0, 0.05) is 17.3 Å². The third kappa shape index (κ3) is 3.63. The van der Waals surface area contributed by atoms with E-state index in [0.29, 0.717) is 5.92 Å². The molecule has 1 amide bonds. The Balaban J connectivity index is 1.61. The van der Waals surface area contributed by atoms with Gasteiger partial charge in [-0.05, 0) is 36.6 Å². The Morgan fingerprint density at radius 2 is 2.09 bits per heavy atom. The SMILES string of the molecule is NC(CC1CCCCC1)C(=O)Nc1ccc2ncccc2c1. The van der Waals surface area contributed by atoms with Gasteiger partial charge in [-0.2, -0.15) is 0 Å². The van der Waals surface area contributed by atoms with Crippen molar-refractivity contribution < 1.29 is 4.79 Å². The summed E-state index contributed by atoms with van der Waals surface area (Å²) in [7, 11) is 0. The first kappa shape index (κ1) is 15.0. The second kappa shape index (κ2) is 6.88. The normalized spacial score (nSPS) is 17.3. The zero-order valence-corrected chi connectivity index (χ0v) is 12.8. The Kier molecular flexibility index (Phi) is 4.68. The highest BCUT2D eigenvalue weighted by atomic mass is 16.2. The number of rotatable bonds is 4. The first-order valence-electron chi connectivity index (χ1n) is 8.13. The van der Waals surface area contributed by atoms with Crippen LogP contribution in [0.25, 0.3) is 10.9 Å². The molecule has 1 aliphatic rings. The molecular weight excluding hydrogens is 274 g/mol. The summed E-state index contributed by atoms with van der Waals surface area (Å²) in [6, 6.07) is 9.18. The van der Waals surface area contributed by atoms with Crippen molar-refractivity contribution in [3.8, 4) is 0 Å². The second-order valence-corrected chi connectivity index (χ2v) is 6.25. The number of hydrogen-bond acceptors (Lipinski definition) is 3. The maximum absolute atomic E-state index is 12.3. The van der Waals surface area contributed by atoms with Crippen LogP contribution >= 0.6 is 0 Å². The van der Waals surface area contributed by atoms with Gasteiger partial charge in [-0.1, -0.05) is 38.2 Å². The topological polar surface area (TPSA) is 68.0 Å². The molecule has 22 heavy (non-hydrogen) atoms. The van der Waals surface area contributed by atoms with E-state index in [4.69, 9.17) is 5.73 Å². The van der Waals surface area contributed by atoms with Crippen LogP contribution in [0.15, 0.2) is 36.5 Å². The number of amides is 1. The van der Waals surface area contributed by atoms with E-state index < -0.39 is 6.04 Å². The monoisotopic (exact) mass is 297 g/mol. The quantitative estimate of drug-likeness (QED) is 0.908. The van der Waals surface area contributed by atoms with E-state index in [9.17, 15) is 4.79 Å². The van der Waals surface area contributed by atoms with Crippen LogP contribution in [0.3, 0.4) is 0 Å². The number of hydrogen-bond donors (Lipinski definition) is 2. The predicted octanol–water partition coefficient (Wildman–Crippen LogP) is 3.47. The molecular formula is C18H23N3O. The van der Waals surface area contributed by atoms with E-state index in [1.54, 1.807) is 6.20 Å². The van der Waals surface area contributed by atoms with Crippen molar-refractivity contribution in [2.24, 2.45) is 11.7 Å². The minimum absolute atomic E-state index is 0.0891. The number of carbonyl (C=O) groups is 1. The fourth-order valence-electron chi connectivity index (χ4n) is 3.28. The molecule has 4 nitrogen and oxygen atoms in total. The van der Waals surface area contributed by atoms with E-state index in [-0.39, 0.29) is 5.91 Å². The average Bonchev–Trinajstić information content (AvgIpc) is 2.55. The largest absolute Gasteiger partial charge is 0.325 e. The molecule has 1 aromatic carbocycles. The molecule has 0 bridgehead atoms. The van der Waals surface area contributed by atoms with Crippen molar-refractivity contribution in [3.63, 3.8) is 0 Å². The summed E-state index contributed by atoms with van der Waals surface area (Å²) in [6.07, 6.45) is 8.85. The minimum Gasteiger partial charge on any atom is -0.325 e. The molecule has 0 saturated heterocycles. The van der Waals surface area contributed by atoms with Gasteiger partial charge < -0.3 is 11.1 Å². The van der Waals surface area contributed by atoms with Gasteiger partial charge in [-0.15, -0.1) is 0 Å². The van der Waals surface area contributed by atoms with Crippen molar-refractivity contribution in [2.75, 3.05) is 5.32 Å². The highest BCUT2D eigenvalue weighted by molar-refractivity contribution is 5.96. The summed E-state index contributed by atoms with van der Waals surface area (Å²) in [5.41, 5.74) is 7.79. The number of carbonyl (C=O) groups excluding carboxylic acids is 1. The molecule has 1 atom stereocenters. The van der Waals surface area contributed by atoms with Gasteiger partial charge in [0.05, 0.1) is 11.6 Å². The molecule has 4 heteroatoms. The first-order chi connectivity index (χ1) is 10.7. The van der Waals surface area contributed by atoms with Gasteiger partial charge >= 0.3 is 0 Å². The van der Waals surface area contributed by atoms with Gasteiger partial charge in [-0.25, -0.2) is 0 Å². The lowest BCUT2D eigenvalue weighted by atomic mass is 9.85. The van der Waals surface area contributed by atoms with Crippen LogP contribution in [0.1, 0.15) is 38.5 Å². The van der Waals surface area contributed by atoms with Crippen molar-refractivity contribution in [1.82, 2.24) is 4.98 Å². The van der Waals surface area contributed by atoms with Crippen LogP contribution in [0.5, 0.6) is 0 Å². The summed E-state index contributed by atoms with van der Waals surface area (Å²) in [4.78, 5) is 16.5. The standard InChI is InChI=1S/C18H23N3O/c19-16(11-13-5-2-1-3-6-13)18(22)21-15-8-9-17-14(12-15)7-4-10-20-17/h4,7-10,12-13,16H,1-3,5-6,11,19H2,(H,21,22). The van der Waals surface area contributed by atoms with Gasteiger partial charge in [0.1, 0.15) is 0 Å². The summed E-state index contributed by atoms with van der Waals surface area (Å²) < 4.78 is 0. The van der Waals surface area contributed by atoms with Gasteiger partial charge in [0.2, 0.25) is 5.91 Å². The number of pyridine rings is 1. The van der Waals surface area contributed by atoms with Crippen LogP contribution in [0.4, 0.5) is 5.69 Å². The third-order valence-corrected chi connectivity index (χ3v) is 4.52. The van der Waals surface area contributed by atoms with Crippen LogP contribution in [0.2, 0.25) is 0 Å². The maximum atomic E-state index is 12.3. The molecule has 0 aliphatic heterocycles. The molecule has 0 radical (unpaired) electrons. The Morgan fingerprint density at radius 3 is 2.91 bits per heavy atom. The van der Waals surface area contributed by atoms with Gasteiger partial charge in [0.25, 0.3) is 0 Å². The highest BCUT2D eigenvalue weighted by Crippen LogP contribution is 2.27. The molecule has 3 N–H and O–H groups in total. The van der Waals surface area contributed by atoms with E-state index in [1.807, 2.05) is 30.3 Å². The number of aromatic nitrogens is 1. The summed E-state index contributed by atoms with van der Waals surface area (Å²) in [6.45, 7) is 0. The number of nitrogens with two attached hydrogens (primary N) is 1. The Hall–Kier alpha value is -1.94. The van der Waals surface area contributed by atoms with Crippen molar-refractivity contribution in [2.45, 2.75) is 44.6 Å². The molecule has 3 rings (SSSR count). The smallest absolute Gasteiger partial charge is 0.241 e. The molecule has 1 aromatic heterocycles. The maximum Gasteiger partial charge on any atom is 0.241 e. The number of benzene rings is 1. The second-order valence-electron chi connectivity index (χ2n) is 6.25. The number of nitrogens with zero attached hydrogens (tertiary/aromatic N) is 1. The van der Waals surface area contributed by atoms with E-state index in [2.05, 4.69) is 10.3 Å². The van der Waals surface area contributed by atoms with Crippen molar-refractivity contribution in [1.29, 1.82) is 0 Å². The predicted molar refractivity (Wildman–Crippen MR) is 89.5 cm³/mol. The summed E-state index contributed by atoms with van der Waals surface area (Å²) in [5.74, 6) is 0.518. The van der Waals surface area contributed by atoms with Crippen molar-refractivity contribution >= 4 is 22.5 Å². The lowest BCUT2D eigenvalue weighted by molar-refractivity contribution is -0.117. The van der Waals surface area contributed by atoms with Gasteiger partial charge in [0.15, 0.2) is 0 Å². The molecule has 1 heterocycles. The Morgan fingerprint density at radius 1 is 1.27 bits per heavy atom. The van der Waals surface area contributed by atoms with E-state index in [1.165, 1.54) is 32.1 Å². The number of nitrogens with one attached hydrogen (secondary N) is 1. The van der Waals surface area contributed by atoms with Crippen LogP contribution in [0, 0.1) is 5.92 Å². The van der Waals surface area contributed by atoms with Gasteiger partial charge in [-0.3, -0.25) is 9.78 Å². The van der Waals surface area contributed by atoms with Crippen LogP contribution < -0.4 is 11.1 Å². The zero-order valence-electron chi connectivity index (χ0n) is 12.8. The van der Waals surface area contributed by atoms with E-state index >= 15 is 0 Å². The summed E-state index contributed by atoms with van der Waals surface area (Å²) >= 11 is 0. The number of fused-ring (bicyclic) bond motifs is 1. The lowest BCUT2D eigenvalue weighted by Crippen LogP contribution is -2.37. The molecule has 1 unspecified atom stereocenters. The lowest BCUT2D eigenvalue weighted by Gasteiger charge is -2.24. The zero-order chi connectivity index (χ0) is 15.4. The Labute approximate surface area is 131 Å². The minimum atomic E-state index is -0.423. The molecule has 0 spiro atoms. The fourth-order valence-corrected chi connectivity index (χ4v) is 3.28. The van der Waals surface area contributed by atoms with Crippen LogP contribution in [-0.4, -0.2) is 16.9 Å². The van der Waals surface area contributed by atoms with E-state index in [0.717, 1.165) is 23.0 Å². The Bertz CT molecular complexity index is 650. The summed E-state index contributed by atoms with van der Waals surface area (Å²) in [5, 5.41) is 3.95. The first-order valence-corrected chi connectivity index (χ1v) is 8.13. The molecule has 116 valence electrons. The average molecular weight is 297 g/mol. The molecule has 1 fully saturated rings. The van der Waals surface area contributed by atoms with Crippen LogP contribution in [-0.2, 0) is 4.79 Å². The fraction of sp³-hybridized carbons (Fsp3) is 0.444. The third-order valence-electron chi connectivity index (χ3n) is 4.52. The molecule has 2 aromatic rings.